The van der Waals surface area contributed by atoms with Crippen LogP contribution in [0.4, 0.5) is 5.82 Å². The molecule has 1 fully saturated rings. The van der Waals surface area contributed by atoms with Crippen LogP contribution in [0.25, 0.3) is 0 Å². The molecule has 2 rings (SSSR count). The summed E-state index contributed by atoms with van der Waals surface area (Å²) in [7, 11) is 0. The van der Waals surface area contributed by atoms with E-state index in [0.29, 0.717) is 0 Å². The number of hydrogen-bond donors (Lipinski definition) is 1. The van der Waals surface area contributed by atoms with Crippen molar-refractivity contribution in [2.45, 2.75) is 45.6 Å². The summed E-state index contributed by atoms with van der Waals surface area (Å²) < 4.78 is 0. The molecule has 1 saturated heterocycles. The molecule has 0 amide bonds. The number of rotatable bonds is 3. The molecule has 0 aromatic carbocycles. The van der Waals surface area contributed by atoms with Gasteiger partial charge in [0.05, 0.1) is 6.10 Å². The fraction of sp³-hybridized carbons (Fsp3) is 0.643. The summed E-state index contributed by atoms with van der Waals surface area (Å²) in [6.07, 6.45) is 6.05. The van der Waals surface area contributed by atoms with Crippen LogP contribution in [-0.4, -0.2) is 23.2 Å². The summed E-state index contributed by atoms with van der Waals surface area (Å²) in [5.41, 5.74) is 2.11. The second-order valence-electron chi connectivity index (χ2n) is 4.88. The quantitative estimate of drug-likeness (QED) is 0.873. The molecular weight excluding hydrogens is 212 g/mol. The van der Waals surface area contributed by atoms with E-state index in [4.69, 9.17) is 0 Å². The first-order chi connectivity index (χ1) is 8.22. The van der Waals surface area contributed by atoms with Gasteiger partial charge in [0.15, 0.2) is 0 Å². The van der Waals surface area contributed by atoms with E-state index >= 15 is 0 Å². The maximum atomic E-state index is 9.80. The van der Waals surface area contributed by atoms with E-state index in [-0.39, 0.29) is 6.10 Å². The van der Waals surface area contributed by atoms with E-state index in [9.17, 15) is 5.11 Å². The maximum absolute atomic E-state index is 9.80. The Labute approximate surface area is 103 Å². The third kappa shape index (κ3) is 2.78. The molecule has 94 valence electrons. The summed E-state index contributed by atoms with van der Waals surface area (Å²) in [6.45, 7) is 6.30. The number of nitrogens with zero attached hydrogens (tertiary/aromatic N) is 2. The number of piperidine rings is 1. The fourth-order valence-corrected chi connectivity index (χ4v) is 2.44. The first-order valence-corrected chi connectivity index (χ1v) is 6.62. The zero-order chi connectivity index (χ0) is 12.3. The summed E-state index contributed by atoms with van der Waals surface area (Å²) in [5, 5.41) is 9.80. The lowest BCUT2D eigenvalue weighted by Crippen LogP contribution is -2.30. The molecule has 1 atom stereocenters. The topological polar surface area (TPSA) is 36.4 Å². The molecule has 0 saturated carbocycles. The molecular formula is C14H22N2O. The lowest BCUT2D eigenvalue weighted by Gasteiger charge is -2.29. The minimum atomic E-state index is -0.378. The third-order valence-corrected chi connectivity index (χ3v) is 3.50. The molecule has 3 heteroatoms. The van der Waals surface area contributed by atoms with Gasteiger partial charge in [-0.3, -0.25) is 0 Å². The highest BCUT2D eigenvalue weighted by atomic mass is 16.3. The van der Waals surface area contributed by atoms with Crippen LogP contribution in [0, 0.1) is 6.92 Å². The van der Waals surface area contributed by atoms with Crippen LogP contribution in [0.3, 0.4) is 0 Å². The predicted molar refractivity (Wildman–Crippen MR) is 70.3 cm³/mol. The Kier molecular flexibility index (Phi) is 4.00. The highest BCUT2D eigenvalue weighted by molar-refractivity contribution is 5.47. The molecule has 0 radical (unpaired) electrons. The van der Waals surface area contributed by atoms with E-state index in [1.54, 1.807) is 0 Å². The number of hydrogen-bond acceptors (Lipinski definition) is 3. The van der Waals surface area contributed by atoms with Gasteiger partial charge in [0.1, 0.15) is 5.82 Å². The maximum Gasteiger partial charge on any atom is 0.131 e. The van der Waals surface area contributed by atoms with Crippen molar-refractivity contribution in [1.29, 1.82) is 0 Å². The van der Waals surface area contributed by atoms with Gasteiger partial charge in [-0.25, -0.2) is 4.98 Å². The van der Waals surface area contributed by atoms with Gasteiger partial charge >= 0.3 is 0 Å². The minimum absolute atomic E-state index is 0.378. The van der Waals surface area contributed by atoms with Gasteiger partial charge in [0.2, 0.25) is 0 Å². The third-order valence-electron chi connectivity index (χ3n) is 3.50. The summed E-state index contributed by atoms with van der Waals surface area (Å²) in [5.74, 6) is 1.09. The van der Waals surface area contributed by atoms with E-state index in [2.05, 4.69) is 22.9 Å². The van der Waals surface area contributed by atoms with Crippen LogP contribution >= 0.6 is 0 Å². The second-order valence-corrected chi connectivity index (χ2v) is 4.88. The van der Waals surface area contributed by atoms with Crippen molar-refractivity contribution in [1.82, 2.24) is 4.98 Å². The van der Waals surface area contributed by atoms with Gasteiger partial charge in [-0.05, 0) is 49.8 Å². The first kappa shape index (κ1) is 12.4. The molecule has 0 unspecified atom stereocenters. The molecule has 1 aromatic rings. The number of pyridine rings is 1. The largest absolute Gasteiger partial charge is 0.388 e. The standard InChI is InChI=1S/C14H22N2O/c1-3-13(17)12-9-11(2)14(15-10-12)16-7-5-4-6-8-16/h9-10,13,17H,3-8H2,1-2H3/t13-/m0/s1. The smallest absolute Gasteiger partial charge is 0.131 e. The van der Waals surface area contributed by atoms with Crippen LogP contribution in [0.1, 0.15) is 49.8 Å². The van der Waals surface area contributed by atoms with E-state index in [1.165, 1.54) is 24.8 Å². The van der Waals surface area contributed by atoms with Crippen molar-refractivity contribution < 1.29 is 5.11 Å². The number of aromatic nitrogens is 1. The lowest BCUT2D eigenvalue weighted by atomic mass is 10.1. The zero-order valence-corrected chi connectivity index (χ0v) is 10.8. The Bertz CT molecular complexity index is 372. The average Bonchev–Trinajstić information content (AvgIpc) is 2.38. The first-order valence-electron chi connectivity index (χ1n) is 6.62. The monoisotopic (exact) mass is 234 g/mol. The summed E-state index contributed by atoms with van der Waals surface area (Å²) >= 11 is 0. The van der Waals surface area contributed by atoms with Gasteiger partial charge in [0, 0.05) is 19.3 Å². The molecule has 1 aliphatic rings. The minimum Gasteiger partial charge on any atom is -0.388 e. The Morgan fingerprint density at radius 3 is 2.65 bits per heavy atom. The van der Waals surface area contributed by atoms with Crippen molar-refractivity contribution in [3.63, 3.8) is 0 Å². The molecule has 3 nitrogen and oxygen atoms in total. The van der Waals surface area contributed by atoms with Crippen molar-refractivity contribution in [2.24, 2.45) is 0 Å². The Balaban J connectivity index is 2.18. The molecule has 1 aliphatic heterocycles. The Morgan fingerprint density at radius 2 is 2.06 bits per heavy atom. The zero-order valence-electron chi connectivity index (χ0n) is 10.8. The Morgan fingerprint density at radius 1 is 1.35 bits per heavy atom. The molecule has 0 bridgehead atoms. The van der Waals surface area contributed by atoms with Crippen molar-refractivity contribution in [3.05, 3.63) is 23.4 Å². The number of aryl methyl sites for hydroxylation is 1. The number of anilines is 1. The van der Waals surface area contributed by atoms with Crippen LogP contribution in [-0.2, 0) is 0 Å². The van der Waals surface area contributed by atoms with Gasteiger partial charge in [-0.15, -0.1) is 0 Å². The second kappa shape index (κ2) is 5.50. The van der Waals surface area contributed by atoms with Crippen molar-refractivity contribution in [3.8, 4) is 0 Å². The molecule has 2 heterocycles. The van der Waals surface area contributed by atoms with Crippen LogP contribution in [0.2, 0.25) is 0 Å². The predicted octanol–water partition coefficient (Wildman–Crippen LogP) is 2.82. The summed E-state index contributed by atoms with van der Waals surface area (Å²) in [4.78, 5) is 6.90. The van der Waals surface area contributed by atoms with E-state index in [0.717, 1.165) is 30.9 Å². The van der Waals surface area contributed by atoms with Gasteiger partial charge < -0.3 is 10.0 Å². The molecule has 1 aromatic heterocycles. The molecule has 0 spiro atoms. The van der Waals surface area contributed by atoms with Gasteiger partial charge in [-0.2, -0.15) is 0 Å². The van der Waals surface area contributed by atoms with E-state index in [1.807, 2.05) is 13.1 Å². The fourth-order valence-electron chi connectivity index (χ4n) is 2.44. The van der Waals surface area contributed by atoms with Crippen LogP contribution in [0.15, 0.2) is 12.3 Å². The molecule has 1 N–H and O–H groups in total. The average molecular weight is 234 g/mol. The number of aliphatic hydroxyl groups excluding tert-OH is 1. The molecule has 17 heavy (non-hydrogen) atoms. The van der Waals surface area contributed by atoms with Crippen molar-refractivity contribution in [2.75, 3.05) is 18.0 Å². The normalized spacial score (nSPS) is 18.2. The number of aliphatic hydroxyl groups is 1. The van der Waals surface area contributed by atoms with E-state index < -0.39 is 0 Å². The van der Waals surface area contributed by atoms with Crippen LogP contribution < -0.4 is 4.90 Å². The SMILES string of the molecule is CC[C@H](O)c1cnc(N2CCCCC2)c(C)c1. The van der Waals surface area contributed by atoms with Gasteiger partial charge in [0.25, 0.3) is 0 Å². The highest BCUT2D eigenvalue weighted by Crippen LogP contribution is 2.24. The van der Waals surface area contributed by atoms with Crippen LogP contribution in [0.5, 0.6) is 0 Å². The highest BCUT2D eigenvalue weighted by Gasteiger charge is 2.15. The lowest BCUT2D eigenvalue weighted by molar-refractivity contribution is 0.173. The Hall–Kier alpha value is -1.09. The molecule has 0 aliphatic carbocycles. The summed E-state index contributed by atoms with van der Waals surface area (Å²) in [6, 6.07) is 2.07. The van der Waals surface area contributed by atoms with Crippen molar-refractivity contribution >= 4 is 5.82 Å². The van der Waals surface area contributed by atoms with Gasteiger partial charge in [-0.1, -0.05) is 6.92 Å².